The van der Waals surface area contributed by atoms with Crippen molar-refractivity contribution in [3.63, 3.8) is 0 Å². The van der Waals surface area contributed by atoms with Crippen LogP contribution in [0.25, 0.3) is 6.08 Å². The summed E-state index contributed by atoms with van der Waals surface area (Å²) in [5.41, 5.74) is 0.684. The first-order valence-electron chi connectivity index (χ1n) is 6.89. The zero-order valence-electron chi connectivity index (χ0n) is 12.5. The number of aromatic nitrogens is 1. The molecule has 0 radical (unpaired) electrons. The lowest BCUT2D eigenvalue weighted by Crippen LogP contribution is -2.29. The van der Waals surface area contributed by atoms with Crippen LogP contribution in [0.4, 0.5) is 0 Å². The maximum Gasteiger partial charge on any atom is 0.265 e. The second kappa shape index (κ2) is 7.55. The Balaban J connectivity index is 2.11. The Hall–Kier alpha value is -2.67. The van der Waals surface area contributed by atoms with E-state index < -0.39 is 15.9 Å². The fourth-order valence-corrected chi connectivity index (χ4v) is 2.71. The van der Waals surface area contributed by atoms with Crippen molar-refractivity contribution in [2.75, 3.05) is 6.61 Å². The molecule has 1 aromatic heterocycles. The molecule has 6 nitrogen and oxygen atoms in total. The molecule has 0 bridgehead atoms. The highest BCUT2D eigenvalue weighted by molar-refractivity contribution is 7.90. The summed E-state index contributed by atoms with van der Waals surface area (Å²) < 4.78 is 31.4. The number of hydrogen-bond acceptors (Lipinski definition) is 5. The number of hydrogen-bond donors (Lipinski definition) is 1. The van der Waals surface area contributed by atoms with Gasteiger partial charge in [0.25, 0.3) is 15.9 Å². The lowest BCUT2D eigenvalue weighted by Gasteiger charge is -2.06. The van der Waals surface area contributed by atoms with Crippen molar-refractivity contribution in [2.24, 2.45) is 0 Å². The Morgan fingerprint density at radius 3 is 2.74 bits per heavy atom. The lowest BCUT2D eigenvalue weighted by molar-refractivity contribution is -0.114. The molecule has 1 N–H and O–H groups in total. The number of rotatable bonds is 6. The molecule has 0 aliphatic rings. The highest BCUT2D eigenvalue weighted by Gasteiger charge is 2.15. The first kappa shape index (κ1) is 16.7. The third kappa shape index (κ3) is 4.65. The fraction of sp³-hybridized carbons (Fsp3) is 0.125. The van der Waals surface area contributed by atoms with Gasteiger partial charge >= 0.3 is 0 Å². The number of para-hydroxylation sites is 1. The molecule has 1 amide bonds. The number of pyridine rings is 1. The van der Waals surface area contributed by atoms with Crippen LogP contribution in [0.3, 0.4) is 0 Å². The minimum atomic E-state index is -3.93. The zero-order valence-corrected chi connectivity index (χ0v) is 13.3. The summed E-state index contributed by atoms with van der Waals surface area (Å²) in [6.45, 7) is 2.35. The predicted molar refractivity (Wildman–Crippen MR) is 86.2 cm³/mol. The van der Waals surface area contributed by atoms with Gasteiger partial charge in [-0.2, -0.15) is 0 Å². The lowest BCUT2D eigenvalue weighted by atomic mass is 10.2. The van der Waals surface area contributed by atoms with E-state index in [1.165, 1.54) is 30.6 Å². The topological polar surface area (TPSA) is 85.4 Å². The summed E-state index contributed by atoms with van der Waals surface area (Å²) in [6, 6.07) is 9.99. The SMILES string of the molecule is CCOc1ccccc1C=CC(=O)NS(=O)(=O)c1cccnc1. The number of benzene rings is 1. The Morgan fingerprint density at radius 2 is 2.04 bits per heavy atom. The summed E-state index contributed by atoms with van der Waals surface area (Å²) in [5.74, 6) is -0.130. The molecule has 23 heavy (non-hydrogen) atoms. The molecule has 0 unspecified atom stereocenters. The van der Waals surface area contributed by atoms with Gasteiger partial charge in [0.15, 0.2) is 0 Å². The number of carbonyl (C=O) groups is 1. The number of carbonyl (C=O) groups excluding carboxylic acids is 1. The van der Waals surface area contributed by atoms with Crippen LogP contribution in [0.5, 0.6) is 5.75 Å². The van der Waals surface area contributed by atoms with Gasteiger partial charge < -0.3 is 4.74 Å². The largest absolute Gasteiger partial charge is 0.493 e. The maximum atomic E-state index is 12.0. The molecular weight excluding hydrogens is 316 g/mol. The minimum absolute atomic E-state index is 0.0727. The van der Waals surface area contributed by atoms with Gasteiger partial charge in [0.2, 0.25) is 0 Å². The van der Waals surface area contributed by atoms with E-state index in [2.05, 4.69) is 4.98 Å². The normalized spacial score (nSPS) is 11.3. The summed E-state index contributed by atoms with van der Waals surface area (Å²) in [4.78, 5) is 15.5. The average molecular weight is 332 g/mol. The van der Waals surface area contributed by atoms with Crippen LogP contribution < -0.4 is 9.46 Å². The van der Waals surface area contributed by atoms with E-state index in [-0.39, 0.29) is 4.90 Å². The second-order valence-corrected chi connectivity index (χ2v) is 6.15. The number of ether oxygens (including phenoxy) is 1. The van der Waals surface area contributed by atoms with Gasteiger partial charge in [0.05, 0.1) is 6.61 Å². The summed E-state index contributed by atoms with van der Waals surface area (Å²) in [6.07, 6.45) is 5.26. The van der Waals surface area contributed by atoms with Gasteiger partial charge in [0, 0.05) is 24.0 Å². The summed E-state index contributed by atoms with van der Waals surface area (Å²) in [5, 5.41) is 0. The molecule has 0 saturated heterocycles. The number of nitrogens with one attached hydrogen (secondary N) is 1. The molecule has 7 heteroatoms. The van der Waals surface area contributed by atoms with Crippen LogP contribution in [-0.2, 0) is 14.8 Å². The van der Waals surface area contributed by atoms with Crippen molar-refractivity contribution in [1.29, 1.82) is 0 Å². The highest BCUT2D eigenvalue weighted by atomic mass is 32.2. The van der Waals surface area contributed by atoms with Crippen LogP contribution >= 0.6 is 0 Å². The highest BCUT2D eigenvalue weighted by Crippen LogP contribution is 2.19. The van der Waals surface area contributed by atoms with Crippen molar-refractivity contribution in [3.05, 3.63) is 60.4 Å². The number of nitrogens with zero attached hydrogens (tertiary/aromatic N) is 1. The Bertz CT molecular complexity index is 802. The number of amides is 1. The van der Waals surface area contributed by atoms with Gasteiger partial charge in [-0.25, -0.2) is 13.1 Å². The van der Waals surface area contributed by atoms with Crippen molar-refractivity contribution < 1.29 is 17.9 Å². The standard InChI is InChI=1S/C16H16N2O4S/c1-2-22-15-8-4-3-6-13(15)9-10-16(19)18-23(20,21)14-7-5-11-17-12-14/h3-12H,2H2,1H3,(H,18,19). The van der Waals surface area contributed by atoms with E-state index >= 15 is 0 Å². The Morgan fingerprint density at radius 1 is 1.26 bits per heavy atom. The van der Waals surface area contributed by atoms with Gasteiger partial charge in [-0.1, -0.05) is 18.2 Å². The van der Waals surface area contributed by atoms with Gasteiger partial charge in [-0.3, -0.25) is 9.78 Å². The fourth-order valence-electron chi connectivity index (χ4n) is 1.80. The maximum absolute atomic E-state index is 12.0. The van der Waals surface area contributed by atoms with Crippen LogP contribution in [0.1, 0.15) is 12.5 Å². The van der Waals surface area contributed by atoms with Crippen LogP contribution in [0.2, 0.25) is 0 Å². The Labute approximate surface area is 134 Å². The predicted octanol–water partition coefficient (Wildman–Crippen LogP) is 2.00. The molecule has 0 fully saturated rings. The number of sulfonamides is 1. The van der Waals surface area contributed by atoms with Crippen molar-refractivity contribution in [3.8, 4) is 5.75 Å². The van der Waals surface area contributed by atoms with Crippen LogP contribution in [-0.4, -0.2) is 25.9 Å². The van der Waals surface area contributed by atoms with E-state index in [0.717, 1.165) is 6.08 Å². The van der Waals surface area contributed by atoms with E-state index in [1.807, 2.05) is 17.7 Å². The first-order chi connectivity index (χ1) is 11.0. The molecule has 1 aromatic carbocycles. The molecule has 0 atom stereocenters. The molecule has 0 aliphatic carbocycles. The van der Waals surface area contributed by atoms with Crippen LogP contribution in [0.15, 0.2) is 59.8 Å². The minimum Gasteiger partial charge on any atom is -0.493 e. The van der Waals surface area contributed by atoms with E-state index in [9.17, 15) is 13.2 Å². The molecule has 1 heterocycles. The van der Waals surface area contributed by atoms with E-state index in [1.54, 1.807) is 18.2 Å². The Kier molecular flexibility index (Phi) is 5.48. The van der Waals surface area contributed by atoms with Crippen LogP contribution in [0, 0.1) is 0 Å². The van der Waals surface area contributed by atoms with E-state index in [4.69, 9.17) is 4.74 Å². The molecular formula is C16H16N2O4S. The van der Waals surface area contributed by atoms with Crippen molar-refractivity contribution in [1.82, 2.24) is 9.71 Å². The van der Waals surface area contributed by atoms with E-state index in [0.29, 0.717) is 17.9 Å². The quantitative estimate of drug-likeness (QED) is 0.818. The summed E-state index contributed by atoms with van der Waals surface area (Å²) >= 11 is 0. The third-order valence-electron chi connectivity index (χ3n) is 2.81. The third-order valence-corrected chi connectivity index (χ3v) is 4.14. The zero-order chi connectivity index (χ0) is 16.7. The molecule has 0 spiro atoms. The molecule has 2 aromatic rings. The smallest absolute Gasteiger partial charge is 0.265 e. The first-order valence-corrected chi connectivity index (χ1v) is 8.38. The molecule has 0 aliphatic heterocycles. The van der Waals surface area contributed by atoms with Crippen molar-refractivity contribution >= 4 is 22.0 Å². The monoisotopic (exact) mass is 332 g/mol. The average Bonchev–Trinajstić information content (AvgIpc) is 2.55. The second-order valence-electron chi connectivity index (χ2n) is 4.46. The molecule has 120 valence electrons. The van der Waals surface area contributed by atoms with Gasteiger partial charge in [-0.05, 0) is 31.2 Å². The van der Waals surface area contributed by atoms with Gasteiger partial charge in [-0.15, -0.1) is 0 Å². The van der Waals surface area contributed by atoms with Gasteiger partial charge in [0.1, 0.15) is 10.6 Å². The summed E-state index contributed by atoms with van der Waals surface area (Å²) in [7, 11) is -3.93. The molecule has 0 saturated carbocycles. The molecule has 2 rings (SSSR count). The van der Waals surface area contributed by atoms with Crippen molar-refractivity contribution in [2.45, 2.75) is 11.8 Å².